The SMILES string of the molecule is COc1ccc(N=Cc2ccc(OC(=O)c3ccncc3)cc2)cc1. The van der Waals surface area contributed by atoms with Crippen molar-refractivity contribution >= 4 is 17.9 Å². The largest absolute Gasteiger partial charge is 0.497 e. The smallest absolute Gasteiger partial charge is 0.343 e. The first kappa shape index (κ1) is 16.4. The van der Waals surface area contributed by atoms with Gasteiger partial charge >= 0.3 is 5.97 Å². The van der Waals surface area contributed by atoms with Crippen LogP contribution in [0.25, 0.3) is 0 Å². The topological polar surface area (TPSA) is 60.8 Å². The molecule has 0 amide bonds. The van der Waals surface area contributed by atoms with E-state index >= 15 is 0 Å². The Morgan fingerprint density at radius 3 is 2.20 bits per heavy atom. The van der Waals surface area contributed by atoms with Crippen LogP contribution in [0.5, 0.6) is 11.5 Å². The van der Waals surface area contributed by atoms with Crippen molar-refractivity contribution in [2.24, 2.45) is 4.99 Å². The fraction of sp³-hybridized carbons (Fsp3) is 0.0500. The minimum atomic E-state index is -0.415. The van der Waals surface area contributed by atoms with E-state index in [0.717, 1.165) is 17.0 Å². The van der Waals surface area contributed by atoms with Crippen LogP contribution in [0.1, 0.15) is 15.9 Å². The number of benzene rings is 2. The van der Waals surface area contributed by atoms with Crippen molar-refractivity contribution in [2.45, 2.75) is 0 Å². The van der Waals surface area contributed by atoms with Gasteiger partial charge in [-0.2, -0.15) is 0 Å². The van der Waals surface area contributed by atoms with Crippen molar-refractivity contribution in [1.82, 2.24) is 4.98 Å². The molecule has 124 valence electrons. The van der Waals surface area contributed by atoms with Crippen LogP contribution in [0.4, 0.5) is 5.69 Å². The first-order chi connectivity index (χ1) is 12.2. The predicted octanol–water partition coefficient (Wildman–Crippen LogP) is 4.06. The van der Waals surface area contributed by atoms with Crippen molar-refractivity contribution < 1.29 is 14.3 Å². The molecule has 0 saturated carbocycles. The first-order valence-corrected chi connectivity index (χ1v) is 7.65. The number of carbonyl (C=O) groups is 1. The summed E-state index contributed by atoms with van der Waals surface area (Å²) in [5.74, 6) is 0.852. The minimum Gasteiger partial charge on any atom is -0.497 e. The molecule has 0 radical (unpaired) electrons. The molecule has 0 aliphatic rings. The number of aliphatic imine (C=N–C) groups is 1. The van der Waals surface area contributed by atoms with Crippen molar-refractivity contribution in [1.29, 1.82) is 0 Å². The first-order valence-electron chi connectivity index (χ1n) is 7.65. The molecule has 0 spiro atoms. The van der Waals surface area contributed by atoms with E-state index in [1.807, 2.05) is 36.4 Å². The normalized spacial score (nSPS) is 10.6. The lowest BCUT2D eigenvalue weighted by Gasteiger charge is -2.04. The van der Waals surface area contributed by atoms with E-state index < -0.39 is 5.97 Å². The Kier molecular flexibility index (Phi) is 5.16. The highest BCUT2D eigenvalue weighted by Crippen LogP contribution is 2.18. The Morgan fingerprint density at radius 1 is 0.920 bits per heavy atom. The van der Waals surface area contributed by atoms with Gasteiger partial charge in [0.2, 0.25) is 0 Å². The number of pyridine rings is 1. The fourth-order valence-corrected chi connectivity index (χ4v) is 2.09. The summed E-state index contributed by atoms with van der Waals surface area (Å²) < 4.78 is 10.4. The Morgan fingerprint density at radius 2 is 1.56 bits per heavy atom. The molecule has 5 heteroatoms. The van der Waals surface area contributed by atoms with Crippen LogP contribution in [-0.4, -0.2) is 24.3 Å². The lowest BCUT2D eigenvalue weighted by atomic mass is 10.2. The zero-order valence-electron chi connectivity index (χ0n) is 13.6. The van der Waals surface area contributed by atoms with Crippen LogP contribution in [0.3, 0.4) is 0 Å². The second-order valence-corrected chi connectivity index (χ2v) is 5.15. The number of aromatic nitrogens is 1. The van der Waals surface area contributed by atoms with E-state index in [-0.39, 0.29) is 0 Å². The third kappa shape index (κ3) is 4.51. The van der Waals surface area contributed by atoms with E-state index in [0.29, 0.717) is 11.3 Å². The molecule has 0 saturated heterocycles. The summed E-state index contributed by atoms with van der Waals surface area (Å²) in [5, 5.41) is 0. The molecule has 0 fully saturated rings. The summed E-state index contributed by atoms with van der Waals surface area (Å²) in [6, 6.07) is 17.8. The standard InChI is InChI=1S/C20H16N2O3/c1-24-18-8-4-17(5-9-18)22-14-15-2-6-19(7-3-15)25-20(23)16-10-12-21-13-11-16/h2-14H,1H3. The molecule has 3 rings (SSSR count). The minimum absolute atomic E-state index is 0.415. The number of hydrogen-bond acceptors (Lipinski definition) is 5. The summed E-state index contributed by atoms with van der Waals surface area (Å²) in [7, 11) is 1.63. The van der Waals surface area contributed by atoms with Gasteiger partial charge in [-0.3, -0.25) is 9.98 Å². The average molecular weight is 332 g/mol. The van der Waals surface area contributed by atoms with Crippen LogP contribution in [0, 0.1) is 0 Å². The van der Waals surface area contributed by atoms with E-state index in [9.17, 15) is 4.79 Å². The lowest BCUT2D eigenvalue weighted by molar-refractivity contribution is 0.0734. The molecule has 3 aromatic rings. The van der Waals surface area contributed by atoms with Crippen LogP contribution in [0.2, 0.25) is 0 Å². The van der Waals surface area contributed by atoms with E-state index in [2.05, 4.69) is 9.98 Å². The number of rotatable bonds is 5. The van der Waals surface area contributed by atoms with E-state index in [1.54, 1.807) is 50.0 Å². The van der Waals surface area contributed by atoms with Crippen LogP contribution < -0.4 is 9.47 Å². The van der Waals surface area contributed by atoms with Gasteiger partial charge in [0.25, 0.3) is 0 Å². The maximum Gasteiger partial charge on any atom is 0.343 e. The Labute approximate surface area is 145 Å². The van der Waals surface area contributed by atoms with Crippen molar-refractivity contribution in [3.8, 4) is 11.5 Å². The molecule has 0 aliphatic heterocycles. The highest BCUT2D eigenvalue weighted by Gasteiger charge is 2.07. The maximum absolute atomic E-state index is 12.0. The number of nitrogens with zero attached hydrogens (tertiary/aromatic N) is 2. The molecule has 0 N–H and O–H groups in total. The van der Waals surface area contributed by atoms with Gasteiger partial charge in [0.05, 0.1) is 18.4 Å². The number of hydrogen-bond donors (Lipinski definition) is 0. The summed E-state index contributed by atoms with van der Waals surface area (Å²) in [6.07, 6.45) is 4.85. The monoisotopic (exact) mass is 332 g/mol. The van der Waals surface area contributed by atoms with Gasteiger partial charge in [-0.25, -0.2) is 4.79 Å². The summed E-state index contributed by atoms with van der Waals surface area (Å²) in [5.41, 5.74) is 2.19. The molecule has 0 aliphatic carbocycles. The summed E-state index contributed by atoms with van der Waals surface area (Å²) in [6.45, 7) is 0. The fourth-order valence-electron chi connectivity index (χ4n) is 2.09. The molecule has 0 atom stereocenters. The van der Waals surface area contributed by atoms with Gasteiger partial charge in [-0.05, 0) is 66.2 Å². The lowest BCUT2D eigenvalue weighted by Crippen LogP contribution is -2.08. The Balaban J connectivity index is 1.63. The zero-order chi connectivity index (χ0) is 17.5. The van der Waals surface area contributed by atoms with Crippen molar-refractivity contribution in [3.63, 3.8) is 0 Å². The Bertz CT molecular complexity index is 858. The van der Waals surface area contributed by atoms with Gasteiger partial charge in [-0.1, -0.05) is 0 Å². The second-order valence-electron chi connectivity index (χ2n) is 5.15. The number of esters is 1. The van der Waals surface area contributed by atoms with E-state index in [4.69, 9.17) is 9.47 Å². The molecule has 0 unspecified atom stereocenters. The zero-order valence-corrected chi connectivity index (χ0v) is 13.6. The Hall–Kier alpha value is -3.47. The van der Waals surface area contributed by atoms with Gasteiger partial charge < -0.3 is 9.47 Å². The summed E-state index contributed by atoms with van der Waals surface area (Å²) in [4.78, 5) is 20.2. The molecule has 0 bridgehead atoms. The number of carbonyl (C=O) groups excluding carboxylic acids is 1. The van der Waals surface area contributed by atoms with Crippen LogP contribution >= 0.6 is 0 Å². The van der Waals surface area contributed by atoms with Crippen molar-refractivity contribution in [3.05, 3.63) is 84.2 Å². The quantitative estimate of drug-likeness (QED) is 0.401. The average Bonchev–Trinajstić information content (AvgIpc) is 2.68. The molecular formula is C20H16N2O3. The van der Waals surface area contributed by atoms with Crippen LogP contribution in [0.15, 0.2) is 78.0 Å². The van der Waals surface area contributed by atoms with Gasteiger partial charge in [-0.15, -0.1) is 0 Å². The molecule has 5 nitrogen and oxygen atoms in total. The molecule has 1 aromatic heterocycles. The molecular weight excluding hydrogens is 316 g/mol. The molecule has 25 heavy (non-hydrogen) atoms. The highest BCUT2D eigenvalue weighted by atomic mass is 16.5. The highest BCUT2D eigenvalue weighted by molar-refractivity contribution is 5.91. The van der Waals surface area contributed by atoms with Gasteiger partial charge in [0, 0.05) is 18.6 Å². The van der Waals surface area contributed by atoms with E-state index in [1.165, 1.54) is 0 Å². The van der Waals surface area contributed by atoms with Crippen molar-refractivity contribution in [2.75, 3.05) is 7.11 Å². The van der Waals surface area contributed by atoms with Crippen LogP contribution in [-0.2, 0) is 0 Å². The second kappa shape index (κ2) is 7.88. The van der Waals surface area contributed by atoms with Gasteiger partial charge in [0.15, 0.2) is 0 Å². The third-order valence-corrected chi connectivity index (χ3v) is 3.44. The molecule has 2 aromatic carbocycles. The third-order valence-electron chi connectivity index (χ3n) is 3.44. The predicted molar refractivity (Wildman–Crippen MR) is 95.9 cm³/mol. The number of methoxy groups -OCH3 is 1. The maximum atomic E-state index is 12.0. The van der Waals surface area contributed by atoms with Gasteiger partial charge in [0.1, 0.15) is 11.5 Å². The summed E-state index contributed by atoms with van der Waals surface area (Å²) >= 11 is 0. The number of ether oxygens (including phenoxy) is 2. The molecule has 1 heterocycles.